The van der Waals surface area contributed by atoms with Gasteiger partial charge in [0.1, 0.15) is 18.0 Å². The maximum absolute atomic E-state index is 13.9. The molecule has 3 aromatic rings. The smallest absolute Gasteiger partial charge is 0.340 e. The fourth-order valence-electron chi connectivity index (χ4n) is 6.54. The van der Waals surface area contributed by atoms with Gasteiger partial charge in [0, 0.05) is 26.5 Å². The van der Waals surface area contributed by atoms with Crippen molar-refractivity contribution in [3.8, 4) is 5.75 Å². The SMILES string of the molecule is CCOc1ccc(Sc2cc(C(=O)OC3CCC4CC(F)CCC4C3)c(N)c3c2C(=O)c2ccccc2C3=O)cc1. The van der Waals surface area contributed by atoms with E-state index in [1.54, 1.807) is 30.3 Å². The zero-order chi connectivity index (χ0) is 28.7. The van der Waals surface area contributed by atoms with Crippen molar-refractivity contribution in [2.75, 3.05) is 12.3 Å². The number of nitrogen functional groups attached to an aromatic ring is 1. The van der Waals surface area contributed by atoms with E-state index in [0.717, 1.165) is 23.5 Å². The standard InChI is InChI=1S/C33H32FNO5S/c1-2-39-21-11-13-23(14-12-21)41-27-17-26(33(38)40-22-10-8-18-15-20(34)9-7-19(18)16-22)30(35)29-28(27)31(36)24-5-3-4-6-25(24)32(29)37/h3-6,11-14,17-20,22H,2,7-10,15-16,35H2,1H3. The number of esters is 1. The van der Waals surface area contributed by atoms with Crippen molar-refractivity contribution in [3.05, 3.63) is 82.4 Å². The molecule has 3 aliphatic carbocycles. The van der Waals surface area contributed by atoms with Gasteiger partial charge in [-0.2, -0.15) is 0 Å². The summed E-state index contributed by atoms with van der Waals surface area (Å²) in [5.41, 5.74) is 7.37. The lowest BCUT2D eigenvalue weighted by Gasteiger charge is -2.40. The molecule has 8 heteroatoms. The third-order valence-corrected chi connectivity index (χ3v) is 9.61. The van der Waals surface area contributed by atoms with Crippen molar-refractivity contribution in [2.45, 2.75) is 67.5 Å². The third-order valence-electron chi connectivity index (χ3n) is 8.56. The Hall–Kier alpha value is -3.65. The highest BCUT2D eigenvalue weighted by molar-refractivity contribution is 7.99. The van der Waals surface area contributed by atoms with Gasteiger partial charge in [-0.15, -0.1) is 0 Å². The van der Waals surface area contributed by atoms with Crippen LogP contribution in [0.5, 0.6) is 5.75 Å². The Balaban J connectivity index is 1.35. The quantitative estimate of drug-likeness (QED) is 0.195. The van der Waals surface area contributed by atoms with Gasteiger partial charge in [-0.25, -0.2) is 9.18 Å². The van der Waals surface area contributed by atoms with Crippen LogP contribution in [0.25, 0.3) is 0 Å². The van der Waals surface area contributed by atoms with Gasteiger partial charge < -0.3 is 15.2 Å². The summed E-state index contributed by atoms with van der Waals surface area (Å²) >= 11 is 1.28. The second-order valence-corrected chi connectivity index (χ2v) is 12.2. The first-order valence-electron chi connectivity index (χ1n) is 14.2. The van der Waals surface area contributed by atoms with Crippen LogP contribution in [-0.4, -0.2) is 36.4 Å². The molecule has 0 heterocycles. The number of ether oxygens (including phenoxy) is 2. The van der Waals surface area contributed by atoms with Crippen molar-refractivity contribution in [1.82, 2.24) is 0 Å². The van der Waals surface area contributed by atoms with Crippen LogP contribution in [0.1, 0.15) is 87.6 Å². The molecule has 0 aliphatic heterocycles. The van der Waals surface area contributed by atoms with E-state index in [9.17, 15) is 18.8 Å². The molecule has 0 aromatic heterocycles. The molecular weight excluding hydrogens is 541 g/mol. The summed E-state index contributed by atoms with van der Waals surface area (Å²) in [6.07, 6.45) is 3.12. The highest BCUT2D eigenvalue weighted by Gasteiger charge is 2.39. The second kappa shape index (κ2) is 11.3. The van der Waals surface area contributed by atoms with Gasteiger partial charge in [0.2, 0.25) is 0 Å². The minimum absolute atomic E-state index is 0.0412. The Morgan fingerprint density at radius 3 is 2.29 bits per heavy atom. The zero-order valence-corrected chi connectivity index (χ0v) is 23.7. The number of benzene rings is 3. The number of nitrogens with two attached hydrogens (primary N) is 1. The Kier molecular flexibility index (Phi) is 7.60. The molecule has 3 aliphatic rings. The molecule has 0 spiro atoms. The molecule has 2 N–H and O–H groups in total. The van der Waals surface area contributed by atoms with E-state index in [2.05, 4.69) is 0 Å². The van der Waals surface area contributed by atoms with Crippen LogP contribution in [0.4, 0.5) is 10.1 Å². The monoisotopic (exact) mass is 573 g/mol. The lowest BCUT2D eigenvalue weighted by molar-refractivity contribution is -0.00817. The number of hydrogen-bond donors (Lipinski definition) is 1. The molecule has 41 heavy (non-hydrogen) atoms. The summed E-state index contributed by atoms with van der Waals surface area (Å²) in [6.45, 7) is 2.45. The third kappa shape index (κ3) is 5.25. The number of carbonyl (C=O) groups is 3. The van der Waals surface area contributed by atoms with Crippen LogP contribution < -0.4 is 10.5 Å². The first kappa shape index (κ1) is 27.5. The first-order chi connectivity index (χ1) is 19.8. The molecule has 4 unspecified atom stereocenters. The number of fused-ring (bicyclic) bond motifs is 3. The van der Waals surface area contributed by atoms with Gasteiger partial charge in [0.15, 0.2) is 11.6 Å². The Labute approximate surface area is 242 Å². The van der Waals surface area contributed by atoms with Crippen LogP contribution in [-0.2, 0) is 4.74 Å². The van der Waals surface area contributed by atoms with Crippen LogP contribution in [0.15, 0.2) is 64.4 Å². The molecule has 3 aromatic carbocycles. The van der Waals surface area contributed by atoms with Crippen LogP contribution in [0.2, 0.25) is 0 Å². The van der Waals surface area contributed by atoms with E-state index in [4.69, 9.17) is 15.2 Å². The maximum atomic E-state index is 13.9. The minimum atomic E-state index is -0.734. The summed E-state index contributed by atoms with van der Waals surface area (Å²) in [5, 5.41) is 0. The highest BCUT2D eigenvalue weighted by atomic mass is 32.2. The summed E-state index contributed by atoms with van der Waals surface area (Å²) in [4.78, 5) is 42.3. The normalized spacial score (nSPS) is 23.3. The predicted molar refractivity (Wildman–Crippen MR) is 155 cm³/mol. The second-order valence-electron chi connectivity index (χ2n) is 11.1. The van der Waals surface area contributed by atoms with Gasteiger partial charge in [0.25, 0.3) is 0 Å². The Morgan fingerprint density at radius 2 is 1.59 bits per heavy atom. The molecule has 2 saturated carbocycles. The molecule has 4 atom stereocenters. The summed E-state index contributed by atoms with van der Waals surface area (Å²) in [7, 11) is 0. The van der Waals surface area contributed by atoms with Crippen LogP contribution in [0.3, 0.4) is 0 Å². The van der Waals surface area contributed by atoms with Crippen molar-refractivity contribution in [1.29, 1.82) is 0 Å². The fourth-order valence-corrected chi connectivity index (χ4v) is 7.54. The average molecular weight is 574 g/mol. The van der Waals surface area contributed by atoms with Crippen molar-refractivity contribution in [3.63, 3.8) is 0 Å². The van der Waals surface area contributed by atoms with Gasteiger partial charge >= 0.3 is 5.97 Å². The number of rotatable bonds is 6. The van der Waals surface area contributed by atoms with E-state index < -0.39 is 12.1 Å². The Bertz CT molecular complexity index is 1520. The molecule has 212 valence electrons. The number of anilines is 1. The van der Waals surface area contributed by atoms with E-state index in [0.29, 0.717) is 54.6 Å². The Morgan fingerprint density at radius 1 is 0.927 bits per heavy atom. The van der Waals surface area contributed by atoms with Gasteiger partial charge in [0.05, 0.1) is 23.4 Å². The fraction of sp³-hybridized carbons (Fsp3) is 0.364. The van der Waals surface area contributed by atoms with Gasteiger partial charge in [-0.05, 0) is 87.6 Å². The zero-order valence-electron chi connectivity index (χ0n) is 22.9. The highest BCUT2D eigenvalue weighted by Crippen LogP contribution is 2.44. The minimum Gasteiger partial charge on any atom is -0.494 e. The van der Waals surface area contributed by atoms with Crippen LogP contribution >= 0.6 is 11.8 Å². The first-order valence-corrected chi connectivity index (χ1v) is 15.1. The van der Waals surface area contributed by atoms with Crippen molar-refractivity contribution in [2.24, 2.45) is 11.8 Å². The van der Waals surface area contributed by atoms with E-state index in [1.807, 2.05) is 31.2 Å². The molecule has 2 fully saturated rings. The van der Waals surface area contributed by atoms with Crippen molar-refractivity contribution >= 4 is 35.0 Å². The lowest BCUT2D eigenvalue weighted by Crippen LogP contribution is -2.35. The van der Waals surface area contributed by atoms with E-state index in [-0.39, 0.29) is 45.6 Å². The molecule has 0 saturated heterocycles. The lowest BCUT2D eigenvalue weighted by atomic mass is 9.69. The average Bonchev–Trinajstić information content (AvgIpc) is 2.97. The summed E-state index contributed by atoms with van der Waals surface area (Å²) in [5.74, 6) is 0.0894. The van der Waals surface area contributed by atoms with Crippen molar-refractivity contribution < 1.29 is 28.2 Å². The maximum Gasteiger partial charge on any atom is 0.340 e. The number of hydrogen-bond acceptors (Lipinski definition) is 7. The van der Waals surface area contributed by atoms with E-state index in [1.165, 1.54) is 11.8 Å². The summed E-state index contributed by atoms with van der Waals surface area (Å²) < 4.78 is 25.4. The number of ketones is 2. The molecule has 0 amide bonds. The number of halogens is 1. The largest absolute Gasteiger partial charge is 0.494 e. The number of carbonyl (C=O) groups excluding carboxylic acids is 3. The van der Waals surface area contributed by atoms with E-state index >= 15 is 0 Å². The van der Waals surface area contributed by atoms with Crippen LogP contribution in [0, 0.1) is 11.8 Å². The summed E-state index contributed by atoms with van der Waals surface area (Å²) in [6, 6.07) is 15.6. The molecule has 0 bridgehead atoms. The molecule has 6 nitrogen and oxygen atoms in total. The predicted octanol–water partition coefficient (Wildman–Crippen LogP) is 7.06. The molecular formula is C33H32FNO5S. The molecule has 0 radical (unpaired) electrons. The van der Waals surface area contributed by atoms with Gasteiger partial charge in [-0.3, -0.25) is 9.59 Å². The van der Waals surface area contributed by atoms with Gasteiger partial charge in [-0.1, -0.05) is 36.0 Å². The molecule has 6 rings (SSSR count). The number of alkyl halides is 1. The topological polar surface area (TPSA) is 95.7 Å².